The van der Waals surface area contributed by atoms with E-state index in [9.17, 15) is 10.2 Å². The van der Waals surface area contributed by atoms with E-state index in [1.807, 2.05) is 11.8 Å². The van der Waals surface area contributed by atoms with Crippen LogP contribution in [0.3, 0.4) is 0 Å². The molecule has 0 radical (unpaired) electrons. The zero-order valence-electron chi connectivity index (χ0n) is 7.14. The lowest BCUT2D eigenvalue weighted by Gasteiger charge is -2.15. The third-order valence-corrected chi connectivity index (χ3v) is 2.09. The van der Waals surface area contributed by atoms with Crippen LogP contribution < -0.4 is 0 Å². The van der Waals surface area contributed by atoms with E-state index >= 15 is 0 Å². The summed E-state index contributed by atoms with van der Waals surface area (Å²) in [7, 11) is 0. The lowest BCUT2D eigenvalue weighted by molar-refractivity contribution is 0.0572. The van der Waals surface area contributed by atoms with E-state index in [0.717, 1.165) is 0 Å². The Kier molecular flexibility index (Phi) is 3.04. The minimum Gasteiger partial charge on any atom is -0.389 e. The average Bonchev–Trinajstić information content (AvgIpc) is 2.31. The molecule has 0 amide bonds. The zero-order chi connectivity index (χ0) is 9.14. The third kappa shape index (κ3) is 2.18. The standard InChI is InChI=1S/C8H14N2O2/c1-6(2-9)3-10-4-7(11)8(12)5-10/h6-8,11-12H,3-5H2,1H3. The molecule has 2 N–H and O–H groups in total. The smallest absolute Gasteiger partial charge is 0.0938 e. The van der Waals surface area contributed by atoms with Crippen molar-refractivity contribution in [1.29, 1.82) is 5.26 Å². The van der Waals surface area contributed by atoms with E-state index < -0.39 is 12.2 Å². The van der Waals surface area contributed by atoms with Gasteiger partial charge in [0, 0.05) is 19.6 Å². The van der Waals surface area contributed by atoms with Gasteiger partial charge in [0.15, 0.2) is 0 Å². The van der Waals surface area contributed by atoms with Gasteiger partial charge in [-0.3, -0.25) is 4.90 Å². The van der Waals surface area contributed by atoms with Crippen LogP contribution in [-0.2, 0) is 0 Å². The summed E-state index contributed by atoms with van der Waals surface area (Å²) in [4.78, 5) is 1.91. The number of nitrogens with zero attached hydrogens (tertiary/aromatic N) is 2. The number of likely N-dealkylation sites (tertiary alicyclic amines) is 1. The maximum Gasteiger partial charge on any atom is 0.0938 e. The maximum atomic E-state index is 9.18. The average molecular weight is 170 g/mol. The van der Waals surface area contributed by atoms with Crippen LogP contribution in [0.4, 0.5) is 0 Å². The number of rotatable bonds is 2. The van der Waals surface area contributed by atoms with Gasteiger partial charge in [-0.05, 0) is 6.92 Å². The number of hydrogen-bond donors (Lipinski definition) is 2. The second kappa shape index (κ2) is 3.85. The van der Waals surface area contributed by atoms with Crippen molar-refractivity contribution in [3.8, 4) is 6.07 Å². The Morgan fingerprint density at radius 2 is 2.00 bits per heavy atom. The van der Waals surface area contributed by atoms with Crippen LogP contribution in [0.5, 0.6) is 0 Å². The van der Waals surface area contributed by atoms with Crippen molar-refractivity contribution in [2.24, 2.45) is 5.92 Å². The van der Waals surface area contributed by atoms with Gasteiger partial charge in [-0.15, -0.1) is 0 Å². The molecule has 68 valence electrons. The highest BCUT2D eigenvalue weighted by Gasteiger charge is 2.29. The first-order valence-electron chi connectivity index (χ1n) is 4.11. The predicted octanol–water partition coefficient (Wildman–Crippen LogP) is -0.817. The summed E-state index contributed by atoms with van der Waals surface area (Å²) in [5, 5.41) is 26.9. The van der Waals surface area contributed by atoms with E-state index in [1.165, 1.54) is 0 Å². The first-order valence-corrected chi connectivity index (χ1v) is 4.11. The van der Waals surface area contributed by atoms with Crippen LogP contribution in [0, 0.1) is 17.2 Å². The molecule has 12 heavy (non-hydrogen) atoms. The quantitative estimate of drug-likeness (QED) is 0.568. The Hall–Kier alpha value is -0.630. The van der Waals surface area contributed by atoms with Crippen LogP contribution in [0.2, 0.25) is 0 Å². The minimum atomic E-state index is -0.643. The molecular weight excluding hydrogens is 156 g/mol. The number of aliphatic hydroxyl groups excluding tert-OH is 2. The van der Waals surface area contributed by atoms with Gasteiger partial charge in [-0.1, -0.05) is 0 Å². The van der Waals surface area contributed by atoms with Crippen molar-refractivity contribution < 1.29 is 10.2 Å². The van der Waals surface area contributed by atoms with Crippen LogP contribution in [0.25, 0.3) is 0 Å². The third-order valence-electron chi connectivity index (χ3n) is 2.09. The van der Waals surface area contributed by atoms with Gasteiger partial charge in [0.1, 0.15) is 0 Å². The van der Waals surface area contributed by atoms with Gasteiger partial charge in [0.25, 0.3) is 0 Å². The molecule has 1 fully saturated rings. The maximum absolute atomic E-state index is 9.18. The molecule has 0 aliphatic carbocycles. The molecule has 0 spiro atoms. The Morgan fingerprint density at radius 1 is 1.50 bits per heavy atom. The van der Waals surface area contributed by atoms with Crippen molar-refractivity contribution in [3.05, 3.63) is 0 Å². The van der Waals surface area contributed by atoms with Gasteiger partial charge < -0.3 is 10.2 Å². The van der Waals surface area contributed by atoms with Crippen LogP contribution in [0.1, 0.15) is 6.92 Å². The first kappa shape index (κ1) is 9.46. The fraction of sp³-hybridized carbons (Fsp3) is 0.875. The first-order chi connectivity index (χ1) is 5.63. The van der Waals surface area contributed by atoms with Crippen LogP contribution in [-0.4, -0.2) is 47.0 Å². The van der Waals surface area contributed by atoms with Crippen molar-refractivity contribution in [2.45, 2.75) is 19.1 Å². The summed E-state index contributed by atoms with van der Waals surface area (Å²) < 4.78 is 0. The molecule has 3 unspecified atom stereocenters. The lowest BCUT2D eigenvalue weighted by Crippen LogP contribution is -2.26. The van der Waals surface area contributed by atoms with E-state index in [4.69, 9.17) is 5.26 Å². The normalized spacial score (nSPS) is 33.2. The van der Waals surface area contributed by atoms with Crippen molar-refractivity contribution in [1.82, 2.24) is 4.90 Å². The molecule has 0 bridgehead atoms. The van der Waals surface area contributed by atoms with Gasteiger partial charge in [-0.2, -0.15) is 5.26 Å². The molecule has 0 aromatic rings. The van der Waals surface area contributed by atoms with Crippen molar-refractivity contribution in [3.63, 3.8) is 0 Å². The summed E-state index contributed by atoms with van der Waals surface area (Å²) in [5.74, 6) is -0.0394. The molecule has 0 aromatic carbocycles. The van der Waals surface area contributed by atoms with E-state index in [-0.39, 0.29) is 5.92 Å². The molecule has 3 atom stereocenters. The Bertz CT molecular complexity index is 180. The van der Waals surface area contributed by atoms with E-state index in [0.29, 0.717) is 19.6 Å². The Balaban J connectivity index is 2.33. The Labute approximate surface area is 72.0 Å². The zero-order valence-corrected chi connectivity index (χ0v) is 7.14. The minimum absolute atomic E-state index is 0.0394. The van der Waals surface area contributed by atoms with Crippen molar-refractivity contribution in [2.75, 3.05) is 19.6 Å². The number of aliphatic hydroxyl groups is 2. The molecule has 4 nitrogen and oxygen atoms in total. The highest BCUT2D eigenvalue weighted by molar-refractivity contribution is 4.88. The van der Waals surface area contributed by atoms with Crippen LogP contribution >= 0.6 is 0 Å². The summed E-state index contributed by atoms with van der Waals surface area (Å²) in [5.41, 5.74) is 0. The number of β-amino-alcohol motifs (C(OH)–C–C–N with tert-alkyl or cyclic N) is 2. The molecular formula is C8H14N2O2. The summed E-state index contributed by atoms with van der Waals surface area (Å²) in [6.45, 7) is 3.42. The molecule has 0 saturated carbocycles. The summed E-state index contributed by atoms with van der Waals surface area (Å²) >= 11 is 0. The molecule has 1 rings (SSSR count). The second-order valence-corrected chi connectivity index (χ2v) is 3.38. The largest absolute Gasteiger partial charge is 0.389 e. The van der Waals surface area contributed by atoms with Crippen LogP contribution in [0.15, 0.2) is 0 Å². The fourth-order valence-corrected chi connectivity index (χ4v) is 1.42. The summed E-state index contributed by atoms with van der Waals surface area (Å²) in [6, 6.07) is 2.12. The highest BCUT2D eigenvalue weighted by Crippen LogP contribution is 2.11. The highest BCUT2D eigenvalue weighted by atomic mass is 16.3. The molecule has 1 saturated heterocycles. The fourth-order valence-electron chi connectivity index (χ4n) is 1.42. The van der Waals surface area contributed by atoms with Crippen molar-refractivity contribution >= 4 is 0 Å². The predicted molar refractivity (Wildman–Crippen MR) is 43.2 cm³/mol. The van der Waals surface area contributed by atoms with Gasteiger partial charge in [0.05, 0.1) is 24.2 Å². The van der Waals surface area contributed by atoms with Gasteiger partial charge >= 0.3 is 0 Å². The van der Waals surface area contributed by atoms with Gasteiger partial charge in [0.2, 0.25) is 0 Å². The van der Waals surface area contributed by atoms with Gasteiger partial charge in [-0.25, -0.2) is 0 Å². The molecule has 4 heteroatoms. The lowest BCUT2D eigenvalue weighted by atomic mass is 10.2. The Morgan fingerprint density at radius 3 is 2.42 bits per heavy atom. The molecule has 1 heterocycles. The van der Waals surface area contributed by atoms with E-state index in [2.05, 4.69) is 6.07 Å². The molecule has 1 aliphatic heterocycles. The molecule has 1 aliphatic rings. The topological polar surface area (TPSA) is 67.5 Å². The molecule has 0 aromatic heterocycles. The summed E-state index contributed by atoms with van der Waals surface area (Å²) in [6.07, 6.45) is -1.29. The van der Waals surface area contributed by atoms with E-state index in [1.54, 1.807) is 0 Å². The second-order valence-electron chi connectivity index (χ2n) is 3.38. The SMILES string of the molecule is CC(C#N)CN1CC(O)C(O)C1. The number of hydrogen-bond acceptors (Lipinski definition) is 4. The number of nitriles is 1. The monoisotopic (exact) mass is 170 g/mol.